The van der Waals surface area contributed by atoms with E-state index in [-0.39, 0.29) is 12.0 Å². The summed E-state index contributed by atoms with van der Waals surface area (Å²) in [6.45, 7) is 6.72. The Kier molecular flexibility index (Phi) is 6.29. The summed E-state index contributed by atoms with van der Waals surface area (Å²) in [5.74, 6) is 0.637. The normalized spacial score (nSPS) is 18.7. The van der Waals surface area contributed by atoms with Crippen molar-refractivity contribution in [3.8, 4) is 0 Å². The Hall–Kier alpha value is -0.120. The first-order chi connectivity index (χ1) is 5.99. The van der Waals surface area contributed by atoms with Gasteiger partial charge in [-0.3, -0.25) is 0 Å². The van der Waals surface area contributed by atoms with E-state index in [2.05, 4.69) is 13.8 Å². The summed E-state index contributed by atoms with van der Waals surface area (Å²) < 4.78 is 4.96. The van der Waals surface area contributed by atoms with Crippen molar-refractivity contribution >= 4 is 0 Å². The summed E-state index contributed by atoms with van der Waals surface area (Å²) in [6, 6.07) is -0.134. The smallest absolute Gasteiger partial charge is 0.0738 e. The van der Waals surface area contributed by atoms with Crippen molar-refractivity contribution in [2.45, 2.75) is 39.3 Å². The number of hydrogen-bond acceptors (Lipinski definition) is 3. The van der Waals surface area contributed by atoms with E-state index in [1.807, 2.05) is 6.92 Å². The molecule has 0 heterocycles. The highest BCUT2D eigenvalue weighted by atomic mass is 16.5. The average Bonchev–Trinajstić information content (AvgIpc) is 2.02. The van der Waals surface area contributed by atoms with E-state index >= 15 is 0 Å². The maximum Gasteiger partial charge on any atom is 0.0738 e. The molecule has 13 heavy (non-hydrogen) atoms. The molecular formula is C10H23NO2. The molecule has 0 fully saturated rings. The van der Waals surface area contributed by atoms with Gasteiger partial charge in [0, 0.05) is 19.1 Å². The van der Waals surface area contributed by atoms with Gasteiger partial charge < -0.3 is 15.6 Å². The van der Waals surface area contributed by atoms with E-state index in [1.165, 1.54) is 0 Å². The Bertz CT molecular complexity index is 128. The fourth-order valence-electron chi connectivity index (χ4n) is 1.47. The van der Waals surface area contributed by atoms with Gasteiger partial charge in [0.2, 0.25) is 0 Å². The minimum atomic E-state index is -0.456. The van der Waals surface area contributed by atoms with Gasteiger partial charge in [-0.2, -0.15) is 0 Å². The van der Waals surface area contributed by atoms with Gasteiger partial charge in [-0.25, -0.2) is 0 Å². The Labute approximate surface area is 81.3 Å². The van der Waals surface area contributed by atoms with Crippen molar-refractivity contribution in [1.82, 2.24) is 0 Å². The maximum atomic E-state index is 9.76. The second kappa shape index (κ2) is 6.35. The molecule has 0 amide bonds. The molecule has 0 aromatic heterocycles. The van der Waals surface area contributed by atoms with E-state index in [1.54, 1.807) is 7.11 Å². The number of nitrogens with two attached hydrogens (primary N) is 1. The van der Waals surface area contributed by atoms with Gasteiger partial charge in [0.15, 0.2) is 0 Å². The minimum Gasteiger partial charge on any atom is -0.391 e. The van der Waals surface area contributed by atoms with Gasteiger partial charge >= 0.3 is 0 Å². The van der Waals surface area contributed by atoms with Crippen LogP contribution in [0.1, 0.15) is 27.2 Å². The fraction of sp³-hybridized carbons (Fsp3) is 1.00. The van der Waals surface area contributed by atoms with E-state index in [4.69, 9.17) is 10.5 Å². The maximum absolute atomic E-state index is 9.76. The zero-order valence-corrected chi connectivity index (χ0v) is 9.16. The molecule has 0 saturated carbocycles. The molecule has 0 aromatic rings. The molecule has 0 aliphatic carbocycles. The standard InChI is InChI=1S/C10H23NO2/c1-7(2)5-9(11)10(12)8(3)6-13-4/h7-10,12H,5-6,11H2,1-4H3. The van der Waals surface area contributed by atoms with Gasteiger partial charge in [0.1, 0.15) is 0 Å². The molecule has 3 heteroatoms. The average molecular weight is 189 g/mol. The third-order valence-electron chi connectivity index (χ3n) is 2.19. The Balaban J connectivity index is 3.85. The topological polar surface area (TPSA) is 55.5 Å². The predicted octanol–water partition coefficient (Wildman–Crippen LogP) is 1.00. The SMILES string of the molecule is COCC(C)C(O)C(N)CC(C)C. The summed E-state index contributed by atoms with van der Waals surface area (Å²) in [7, 11) is 1.64. The van der Waals surface area contributed by atoms with Crippen molar-refractivity contribution in [1.29, 1.82) is 0 Å². The first-order valence-electron chi connectivity index (χ1n) is 4.91. The van der Waals surface area contributed by atoms with Gasteiger partial charge in [-0.15, -0.1) is 0 Å². The van der Waals surface area contributed by atoms with Gasteiger partial charge in [0.05, 0.1) is 12.7 Å². The van der Waals surface area contributed by atoms with Gasteiger partial charge in [-0.1, -0.05) is 20.8 Å². The van der Waals surface area contributed by atoms with E-state index in [0.717, 1.165) is 6.42 Å². The third kappa shape index (κ3) is 5.24. The van der Waals surface area contributed by atoms with Crippen LogP contribution in [0.4, 0.5) is 0 Å². The second-order valence-electron chi connectivity index (χ2n) is 4.22. The molecular weight excluding hydrogens is 166 g/mol. The summed E-state index contributed by atoms with van der Waals surface area (Å²) in [5, 5.41) is 9.76. The first kappa shape index (κ1) is 12.9. The quantitative estimate of drug-likeness (QED) is 0.655. The molecule has 0 bridgehead atoms. The molecule has 3 unspecified atom stereocenters. The highest BCUT2D eigenvalue weighted by molar-refractivity contribution is 4.77. The van der Waals surface area contributed by atoms with Crippen molar-refractivity contribution in [3.05, 3.63) is 0 Å². The van der Waals surface area contributed by atoms with Gasteiger partial charge in [-0.05, 0) is 12.3 Å². The molecule has 0 saturated heterocycles. The number of ether oxygens (including phenoxy) is 1. The highest BCUT2D eigenvalue weighted by Crippen LogP contribution is 2.12. The number of rotatable bonds is 6. The van der Waals surface area contributed by atoms with Crippen molar-refractivity contribution < 1.29 is 9.84 Å². The fourth-order valence-corrected chi connectivity index (χ4v) is 1.47. The number of aliphatic hydroxyl groups excluding tert-OH is 1. The van der Waals surface area contributed by atoms with Crippen molar-refractivity contribution in [2.75, 3.05) is 13.7 Å². The third-order valence-corrected chi connectivity index (χ3v) is 2.19. The van der Waals surface area contributed by atoms with Crippen LogP contribution < -0.4 is 5.73 Å². The minimum absolute atomic E-state index is 0.110. The van der Waals surface area contributed by atoms with Crippen molar-refractivity contribution in [2.24, 2.45) is 17.6 Å². The summed E-state index contributed by atoms with van der Waals surface area (Å²) in [4.78, 5) is 0. The molecule has 0 rings (SSSR count). The van der Waals surface area contributed by atoms with E-state index < -0.39 is 6.10 Å². The zero-order valence-electron chi connectivity index (χ0n) is 9.16. The molecule has 3 N–H and O–H groups in total. The molecule has 0 aliphatic heterocycles. The molecule has 3 nitrogen and oxygen atoms in total. The van der Waals surface area contributed by atoms with Crippen LogP contribution in [0.15, 0.2) is 0 Å². The molecule has 0 aliphatic rings. The van der Waals surface area contributed by atoms with Crippen LogP contribution in [0.25, 0.3) is 0 Å². The lowest BCUT2D eigenvalue weighted by Gasteiger charge is -2.25. The summed E-state index contributed by atoms with van der Waals surface area (Å²) >= 11 is 0. The van der Waals surface area contributed by atoms with Crippen LogP contribution in [0.3, 0.4) is 0 Å². The number of hydrogen-bond donors (Lipinski definition) is 2. The van der Waals surface area contributed by atoms with Crippen LogP contribution in [0.2, 0.25) is 0 Å². The lowest BCUT2D eigenvalue weighted by molar-refractivity contribution is 0.0365. The van der Waals surface area contributed by atoms with Crippen LogP contribution in [0.5, 0.6) is 0 Å². The number of aliphatic hydroxyl groups is 1. The van der Waals surface area contributed by atoms with E-state index in [0.29, 0.717) is 12.5 Å². The highest BCUT2D eigenvalue weighted by Gasteiger charge is 2.21. The Morgan fingerprint density at radius 2 is 1.85 bits per heavy atom. The summed E-state index contributed by atoms with van der Waals surface area (Å²) in [6.07, 6.45) is 0.400. The largest absolute Gasteiger partial charge is 0.391 e. The Morgan fingerprint density at radius 3 is 2.23 bits per heavy atom. The van der Waals surface area contributed by atoms with Crippen LogP contribution in [-0.2, 0) is 4.74 Å². The predicted molar refractivity (Wildman–Crippen MR) is 54.5 cm³/mol. The Morgan fingerprint density at radius 1 is 1.31 bits per heavy atom. The first-order valence-corrected chi connectivity index (χ1v) is 4.91. The van der Waals surface area contributed by atoms with Crippen LogP contribution in [0, 0.1) is 11.8 Å². The summed E-state index contributed by atoms with van der Waals surface area (Å²) in [5.41, 5.74) is 5.84. The van der Waals surface area contributed by atoms with Crippen molar-refractivity contribution in [3.63, 3.8) is 0 Å². The molecule has 0 radical (unpaired) electrons. The molecule has 3 atom stereocenters. The van der Waals surface area contributed by atoms with E-state index in [9.17, 15) is 5.11 Å². The van der Waals surface area contributed by atoms with Crippen LogP contribution in [-0.4, -0.2) is 31.0 Å². The lowest BCUT2D eigenvalue weighted by atomic mass is 9.93. The monoisotopic (exact) mass is 189 g/mol. The molecule has 0 aromatic carbocycles. The number of methoxy groups -OCH3 is 1. The van der Waals surface area contributed by atoms with Crippen LogP contribution >= 0.6 is 0 Å². The second-order valence-corrected chi connectivity index (χ2v) is 4.22. The molecule has 80 valence electrons. The zero-order chi connectivity index (χ0) is 10.4. The lowest BCUT2D eigenvalue weighted by Crippen LogP contribution is -2.41. The van der Waals surface area contributed by atoms with Gasteiger partial charge in [0.25, 0.3) is 0 Å². The molecule has 0 spiro atoms.